The topological polar surface area (TPSA) is 25.8 Å². The predicted molar refractivity (Wildman–Crippen MR) is 106 cm³/mol. The lowest BCUT2D eigenvalue weighted by atomic mass is 9.70. The molecular formula is C23H18N2S. The van der Waals surface area contributed by atoms with Crippen LogP contribution >= 0.6 is 11.3 Å². The summed E-state index contributed by atoms with van der Waals surface area (Å²) in [6.07, 6.45) is 9.54. The first kappa shape index (κ1) is 15.5. The molecule has 0 saturated heterocycles. The van der Waals surface area contributed by atoms with Crippen molar-refractivity contribution in [2.75, 3.05) is 0 Å². The molecule has 5 rings (SSSR count). The zero-order valence-corrected chi connectivity index (χ0v) is 15.1. The average molecular weight is 354 g/mol. The quantitative estimate of drug-likeness (QED) is 0.498. The Labute approximate surface area is 157 Å². The summed E-state index contributed by atoms with van der Waals surface area (Å²) < 4.78 is 0. The Morgan fingerprint density at radius 2 is 1.58 bits per heavy atom. The van der Waals surface area contributed by atoms with Crippen LogP contribution < -0.4 is 0 Å². The summed E-state index contributed by atoms with van der Waals surface area (Å²) in [6.45, 7) is 0. The molecule has 0 spiro atoms. The van der Waals surface area contributed by atoms with Gasteiger partial charge in [0.1, 0.15) is 0 Å². The molecule has 1 atom stereocenters. The van der Waals surface area contributed by atoms with Crippen molar-refractivity contribution in [1.82, 2.24) is 9.97 Å². The molecule has 1 unspecified atom stereocenters. The summed E-state index contributed by atoms with van der Waals surface area (Å²) in [4.78, 5) is 9.97. The van der Waals surface area contributed by atoms with Gasteiger partial charge in [0.25, 0.3) is 0 Å². The molecule has 26 heavy (non-hydrogen) atoms. The van der Waals surface area contributed by atoms with Gasteiger partial charge in [0.05, 0.1) is 0 Å². The Kier molecular flexibility index (Phi) is 3.68. The van der Waals surface area contributed by atoms with Gasteiger partial charge in [-0.1, -0.05) is 30.3 Å². The maximum atomic E-state index is 4.36. The molecule has 3 aromatic heterocycles. The molecule has 0 saturated carbocycles. The van der Waals surface area contributed by atoms with Crippen LogP contribution in [0.3, 0.4) is 0 Å². The average Bonchev–Trinajstić information content (AvgIpc) is 3.27. The molecule has 0 aliphatic heterocycles. The minimum Gasteiger partial charge on any atom is -0.265 e. The van der Waals surface area contributed by atoms with Crippen molar-refractivity contribution in [3.8, 4) is 10.4 Å². The molecule has 0 bridgehead atoms. The van der Waals surface area contributed by atoms with Crippen molar-refractivity contribution >= 4 is 11.3 Å². The van der Waals surface area contributed by atoms with Crippen molar-refractivity contribution in [3.63, 3.8) is 0 Å². The fourth-order valence-electron chi connectivity index (χ4n) is 4.28. The van der Waals surface area contributed by atoms with Crippen LogP contribution in [0.15, 0.2) is 84.8 Å². The molecule has 3 heteroatoms. The van der Waals surface area contributed by atoms with Crippen molar-refractivity contribution in [2.24, 2.45) is 0 Å². The molecule has 1 aromatic carbocycles. The zero-order chi connectivity index (χ0) is 17.4. The maximum absolute atomic E-state index is 4.36. The van der Waals surface area contributed by atoms with Gasteiger partial charge in [-0.05, 0) is 70.3 Å². The Morgan fingerprint density at radius 1 is 0.731 bits per heavy atom. The predicted octanol–water partition coefficient (Wildman–Crippen LogP) is 5.29. The summed E-state index contributed by atoms with van der Waals surface area (Å²) in [5.41, 5.74) is 6.80. The minimum atomic E-state index is -0.0592. The van der Waals surface area contributed by atoms with Crippen LogP contribution in [0.2, 0.25) is 0 Å². The Bertz CT molecular complexity index is 997. The van der Waals surface area contributed by atoms with Crippen LogP contribution in [0.5, 0.6) is 0 Å². The van der Waals surface area contributed by atoms with Gasteiger partial charge in [0, 0.05) is 35.1 Å². The van der Waals surface area contributed by atoms with E-state index in [0.29, 0.717) is 0 Å². The van der Waals surface area contributed by atoms with Gasteiger partial charge in [-0.25, -0.2) is 0 Å². The van der Waals surface area contributed by atoms with Gasteiger partial charge in [-0.3, -0.25) is 9.97 Å². The van der Waals surface area contributed by atoms with Gasteiger partial charge >= 0.3 is 0 Å². The molecule has 0 amide bonds. The van der Waals surface area contributed by atoms with E-state index in [2.05, 4.69) is 63.9 Å². The second-order valence-electron chi connectivity index (χ2n) is 6.86. The second-order valence-corrected chi connectivity index (χ2v) is 7.78. The van der Waals surface area contributed by atoms with E-state index in [0.717, 1.165) is 12.8 Å². The van der Waals surface area contributed by atoms with Crippen LogP contribution in [-0.2, 0) is 18.3 Å². The first-order valence-corrected chi connectivity index (χ1v) is 9.70. The van der Waals surface area contributed by atoms with Crippen molar-refractivity contribution in [3.05, 3.63) is 107 Å². The molecular weight excluding hydrogens is 336 g/mol. The highest BCUT2D eigenvalue weighted by atomic mass is 32.1. The Balaban J connectivity index is 1.72. The fraction of sp³-hybridized carbons (Fsp3) is 0.130. The highest BCUT2D eigenvalue weighted by Gasteiger charge is 2.43. The van der Waals surface area contributed by atoms with E-state index in [1.54, 1.807) is 0 Å². The standard InChI is InChI=1S/C23H18N2S/c1-2-6-20-19(5-1)22-21(9-13-26-22)23(20,14-17-7-11-24-12-8-17)15-18-4-3-10-25-16-18/h1-13,16H,14-15H2. The number of pyridine rings is 2. The SMILES string of the molecule is c1cncc(CC2(Cc3ccncc3)c3ccccc3-c3sccc32)c1. The largest absolute Gasteiger partial charge is 0.265 e. The fourth-order valence-corrected chi connectivity index (χ4v) is 5.32. The van der Waals surface area contributed by atoms with E-state index >= 15 is 0 Å². The number of hydrogen-bond acceptors (Lipinski definition) is 3. The number of aromatic nitrogens is 2. The normalized spacial score (nSPS) is 17.7. The van der Waals surface area contributed by atoms with Crippen LogP contribution in [0.25, 0.3) is 10.4 Å². The van der Waals surface area contributed by atoms with Crippen molar-refractivity contribution in [2.45, 2.75) is 18.3 Å². The van der Waals surface area contributed by atoms with E-state index in [1.165, 1.54) is 32.7 Å². The molecule has 0 radical (unpaired) electrons. The molecule has 1 aliphatic rings. The zero-order valence-electron chi connectivity index (χ0n) is 14.3. The lowest BCUT2D eigenvalue weighted by Crippen LogP contribution is -2.31. The second kappa shape index (κ2) is 6.19. The third-order valence-corrected chi connectivity index (χ3v) is 6.30. The van der Waals surface area contributed by atoms with E-state index in [4.69, 9.17) is 0 Å². The molecule has 2 nitrogen and oxygen atoms in total. The first-order valence-electron chi connectivity index (χ1n) is 8.82. The minimum absolute atomic E-state index is 0.0592. The van der Waals surface area contributed by atoms with Gasteiger partial charge in [0.2, 0.25) is 0 Å². The van der Waals surface area contributed by atoms with Gasteiger partial charge in [0.15, 0.2) is 0 Å². The Morgan fingerprint density at radius 3 is 2.42 bits per heavy atom. The molecule has 3 heterocycles. The Hall–Kier alpha value is -2.78. The number of hydrogen-bond donors (Lipinski definition) is 0. The van der Waals surface area contributed by atoms with E-state index < -0.39 is 0 Å². The number of fused-ring (bicyclic) bond motifs is 3. The van der Waals surface area contributed by atoms with Gasteiger partial charge < -0.3 is 0 Å². The lowest BCUT2D eigenvalue weighted by Gasteiger charge is -2.32. The molecule has 4 aromatic rings. The highest BCUT2D eigenvalue weighted by molar-refractivity contribution is 7.14. The van der Waals surface area contributed by atoms with E-state index in [9.17, 15) is 0 Å². The van der Waals surface area contributed by atoms with E-state index in [-0.39, 0.29) is 5.41 Å². The van der Waals surface area contributed by atoms with Crippen LogP contribution in [0, 0.1) is 0 Å². The third kappa shape index (κ3) is 2.39. The maximum Gasteiger partial charge on any atom is 0.0387 e. The smallest absolute Gasteiger partial charge is 0.0387 e. The summed E-state index contributed by atoms with van der Waals surface area (Å²) in [6, 6.07) is 19.7. The highest BCUT2D eigenvalue weighted by Crippen LogP contribution is 2.54. The third-order valence-electron chi connectivity index (χ3n) is 5.35. The monoisotopic (exact) mass is 354 g/mol. The van der Waals surface area contributed by atoms with Gasteiger partial charge in [-0.15, -0.1) is 11.3 Å². The summed E-state index contributed by atoms with van der Waals surface area (Å²) in [5, 5.41) is 2.23. The summed E-state index contributed by atoms with van der Waals surface area (Å²) >= 11 is 1.85. The lowest BCUT2D eigenvalue weighted by molar-refractivity contribution is 0.520. The molecule has 0 N–H and O–H groups in total. The first-order chi connectivity index (χ1) is 12.9. The van der Waals surface area contributed by atoms with Crippen molar-refractivity contribution in [1.29, 1.82) is 0 Å². The summed E-state index contributed by atoms with van der Waals surface area (Å²) in [7, 11) is 0. The number of nitrogens with zero attached hydrogens (tertiary/aromatic N) is 2. The van der Waals surface area contributed by atoms with Crippen LogP contribution in [0.1, 0.15) is 22.3 Å². The number of benzene rings is 1. The molecule has 1 aliphatic carbocycles. The van der Waals surface area contributed by atoms with Gasteiger partial charge in [-0.2, -0.15) is 0 Å². The van der Waals surface area contributed by atoms with Crippen molar-refractivity contribution < 1.29 is 0 Å². The molecule has 126 valence electrons. The summed E-state index contributed by atoms with van der Waals surface area (Å²) in [5.74, 6) is 0. The number of rotatable bonds is 4. The van der Waals surface area contributed by atoms with Crippen LogP contribution in [-0.4, -0.2) is 9.97 Å². The number of thiophene rings is 1. The molecule has 0 fully saturated rings. The van der Waals surface area contributed by atoms with E-state index in [1.807, 2.05) is 42.2 Å². The van der Waals surface area contributed by atoms with Crippen LogP contribution in [0.4, 0.5) is 0 Å².